The van der Waals surface area contributed by atoms with Crippen molar-refractivity contribution in [2.24, 2.45) is 5.73 Å². The maximum absolute atomic E-state index is 13.4. The number of thiophene rings is 1. The summed E-state index contributed by atoms with van der Waals surface area (Å²) in [5, 5.41) is 3.06. The van der Waals surface area contributed by atoms with E-state index in [0.717, 1.165) is 0 Å². The minimum absolute atomic E-state index is 0. The van der Waals surface area contributed by atoms with E-state index in [1.165, 1.54) is 22.8 Å². The van der Waals surface area contributed by atoms with Gasteiger partial charge in [0.05, 0.1) is 11.6 Å². The van der Waals surface area contributed by atoms with Gasteiger partial charge < -0.3 is 5.73 Å². The highest BCUT2D eigenvalue weighted by Gasteiger charge is 2.29. The summed E-state index contributed by atoms with van der Waals surface area (Å²) in [4.78, 5) is 0. The van der Waals surface area contributed by atoms with Gasteiger partial charge >= 0.3 is 0 Å². The molecule has 0 radical (unpaired) electrons. The summed E-state index contributed by atoms with van der Waals surface area (Å²) in [7, 11) is 0. The van der Waals surface area contributed by atoms with Crippen molar-refractivity contribution >= 4 is 23.7 Å². The largest absolute Gasteiger partial charge is 0.320 e. The van der Waals surface area contributed by atoms with E-state index in [9.17, 15) is 22.0 Å². The first-order chi connectivity index (χ1) is 8.45. The van der Waals surface area contributed by atoms with Crippen molar-refractivity contribution in [3.05, 3.63) is 57.0 Å². The average molecular weight is 316 g/mol. The fourth-order valence-corrected chi connectivity index (χ4v) is 2.21. The molecule has 2 aromatic rings. The lowest BCUT2D eigenvalue weighted by atomic mass is 10.0. The van der Waals surface area contributed by atoms with Gasteiger partial charge in [-0.05, 0) is 22.4 Å². The molecule has 0 amide bonds. The molecule has 1 atom stereocenters. The third-order valence-electron chi connectivity index (χ3n) is 2.46. The number of halogens is 6. The molecule has 1 aromatic heterocycles. The van der Waals surface area contributed by atoms with E-state index in [0.29, 0.717) is 0 Å². The molecule has 0 saturated heterocycles. The normalized spacial score (nSPS) is 12.1. The Morgan fingerprint density at radius 1 is 0.895 bits per heavy atom. The van der Waals surface area contributed by atoms with Gasteiger partial charge in [-0.25, -0.2) is 22.0 Å². The first kappa shape index (κ1) is 15.9. The molecule has 1 aromatic carbocycles. The Kier molecular flexibility index (Phi) is 4.89. The van der Waals surface area contributed by atoms with Crippen molar-refractivity contribution in [2.75, 3.05) is 0 Å². The molecule has 1 nitrogen and oxygen atoms in total. The van der Waals surface area contributed by atoms with Crippen LogP contribution in [0, 0.1) is 29.1 Å². The first-order valence-electron chi connectivity index (χ1n) is 4.74. The number of rotatable bonds is 2. The summed E-state index contributed by atoms with van der Waals surface area (Å²) < 4.78 is 65.7. The Bertz CT molecular complexity index is 558. The zero-order valence-electron chi connectivity index (χ0n) is 9.09. The minimum Gasteiger partial charge on any atom is -0.320 e. The number of nitrogens with two attached hydrogens (primary N) is 1. The molecule has 0 bridgehead atoms. The Labute approximate surface area is 115 Å². The predicted molar refractivity (Wildman–Crippen MR) is 63.8 cm³/mol. The lowest BCUT2D eigenvalue weighted by Gasteiger charge is -2.14. The SMILES string of the molecule is Cl.N[C@H](c1ccsc1)c1c(F)c(F)c(F)c(F)c1F. The lowest BCUT2D eigenvalue weighted by molar-refractivity contribution is 0.367. The van der Waals surface area contributed by atoms with Crippen molar-refractivity contribution < 1.29 is 22.0 Å². The average Bonchev–Trinajstić information content (AvgIpc) is 2.88. The van der Waals surface area contributed by atoms with Crippen molar-refractivity contribution in [1.29, 1.82) is 0 Å². The van der Waals surface area contributed by atoms with Gasteiger partial charge in [-0.15, -0.1) is 12.4 Å². The van der Waals surface area contributed by atoms with Crippen LogP contribution >= 0.6 is 23.7 Å². The molecular formula is C11H7ClF5NS. The van der Waals surface area contributed by atoms with Crippen LogP contribution in [0.2, 0.25) is 0 Å². The van der Waals surface area contributed by atoms with Crippen LogP contribution in [0.25, 0.3) is 0 Å². The highest BCUT2D eigenvalue weighted by atomic mass is 35.5. The molecule has 0 saturated carbocycles. The van der Waals surface area contributed by atoms with Crippen LogP contribution in [0.15, 0.2) is 16.8 Å². The van der Waals surface area contributed by atoms with Crippen LogP contribution in [-0.2, 0) is 0 Å². The van der Waals surface area contributed by atoms with E-state index < -0.39 is 40.7 Å². The molecule has 1 heterocycles. The molecule has 19 heavy (non-hydrogen) atoms. The fraction of sp³-hybridized carbons (Fsp3) is 0.0909. The van der Waals surface area contributed by atoms with Gasteiger partial charge in [0.25, 0.3) is 0 Å². The van der Waals surface area contributed by atoms with Crippen molar-refractivity contribution in [3.8, 4) is 0 Å². The topological polar surface area (TPSA) is 26.0 Å². The Hall–Kier alpha value is -1.18. The van der Waals surface area contributed by atoms with Crippen LogP contribution in [0.4, 0.5) is 22.0 Å². The van der Waals surface area contributed by atoms with Gasteiger partial charge in [-0.1, -0.05) is 0 Å². The van der Waals surface area contributed by atoms with Crippen molar-refractivity contribution in [1.82, 2.24) is 0 Å². The van der Waals surface area contributed by atoms with E-state index in [2.05, 4.69) is 0 Å². The molecule has 0 aliphatic rings. The summed E-state index contributed by atoms with van der Waals surface area (Å²) in [6.45, 7) is 0. The minimum atomic E-state index is -2.19. The highest BCUT2D eigenvalue weighted by molar-refractivity contribution is 7.08. The second-order valence-electron chi connectivity index (χ2n) is 3.52. The summed E-state index contributed by atoms with van der Waals surface area (Å²) in [5.41, 5.74) is 4.78. The maximum Gasteiger partial charge on any atom is 0.200 e. The molecule has 0 fully saturated rings. The standard InChI is InChI=1S/C11H6F5NS.ClH/c12-6-5(11(17)4-1-2-18-3-4)7(13)9(15)10(16)8(6)14;/h1-3,11H,17H2;1H/t11-;/m1./s1. The second kappa shape index (κ2) is 5.85. The van der Waals surface area contributed by atoms with E-state index in [1.807, 2.05) is 0 Å². The van der Waals surface area contributed by atoms with E-state index in [-0.39, 0.29) is 18.0 Å². The molecule has 0 aliphatic heterocycles. The van der Waals surface area contributed by atoms with Crippen LogP contribution in [-0.4, -0.2) is 0 Å². The van der Waals surface area contributed by atoms with Crippen molar-refractivity contribution in [2.45, 2.75) is 6.04 Å². The summed E-state index contributed by atoms with van der Waals surface area (Å²) in [6, 6.07) is 0.0498. The van der Waals surface area contributed by atoms with Gasteiger partial charge in [0.1, 0.15) is 0 Å². The molecular weight excluding hydrogens is 309 g/mol. The fourth-order valence-electron chi connectivity index (χ4n) is 1.51. The Morgan fingerprint density at radius 3 is 1.79 bits per heavy atom. The Morgan fingerprint density at radius 2 is 1.37 bits per heavy atom. The molecule has 0 spiro atoms. The number of hydrogen-bond acceptors (Lipinski definition) is 2. The molecule has 8 heteroatoms. The third-order valence-corrected chi connectivity index (χ3v) is 3.16. The van der Waals surface area contributed by atoms with Gasteiger partial charge in [-0.2, -0.15) is 11.3 Å². The maximum atomic E-state index is 13.4. The van der Waals surface area contributed by atoms with E-state index in [4.69, 9.17) is 5.73 Å². The number of hydrogen-bond donors (Lipinski definition) is 1. The smallest absolute Gasteiger partial charge is 0.200 e. The summed E-state index contributed by atoms with van der Waals surface area (Å²) in [6.07, 6.45) is 0. The summed E-state index contributed by atoms with van der Waals surface area (Å²) in [5.74, 6) is -9.97. The zero-order chi connectivity index (χ0) is 13.4. The number of benzene rings is 1. The first-order valence-corrected chi connectivity index (χ1v) is 5.68. The molecule has 0 aliphatic carbocycles. The summed E-state index contributed by atoms with van der Waals surface area (Å²) >= 11 is 1.20. The lowest BCUT2D eigenvalue weighted by Crippen LogP contribution is -2.18. The van der Waals surface area contributed by atoms with E-state index >= 15 is 0 Å². The Balaban J connectivity index is 0.00000180. The third kappa shape index (κ3) is 2.58. The van der Waals surface area contributed by atoms with Gasteiger partial charge in [-0.3, -0.25) is 0 Å². The zero-order valence-corrected chi connectivity index (χ0v) is 10.7. The van der Waals surface area contributed by atoms with Crippen LogP contribution < -0.4 is 5.73 Å². The highest BCUT2D eigenvalue weighted by Crippen LogP contribution is 2.30. The molecule has 104 valence electrons. The predicted octanol–water partition coefficient (Wildman–Crippen LogP) is 3.91. The quantitative estimate of drug-likeness (QED) is 0.507. The second-order valence-corrected chi connectivity index (χ2v) is 4.30. The van der Waals surface area contributed by atoms with Gasteiger partial charge in [0.15, 0.2) is 23.3 Å². The van der Waals surface area contributed by atoms with Gasteiger partial charge in [0.2, 0.25) is 5.82 Å². The monoisotopic (exact) mass is 315 g/mol. The van der Waals surface area contributed by atoms with Crippen LogP contribution in [0.5, 0.6) is 0 Å². The van der Waals surface area contributed by atoms with Crippen molar-refractivity contribution in [3.63, 3.8) is 0 Å². The van der Waals surface area contributed by atoms with Gasteiger partial charge in [0, 0.05) is 0 Å². The van der Waals surface area contributed by atoms with E-state index in [1.54, 1.807) is 5.38 Å². The molecule has 2 N–H and O–H groups in total. The van der Waals surface area contributed by atoms with Crippen LogP contribution in [0.1, 0.15) is 17.2 Å². The van der Waals surface area contributed by atoms with Crippen LogP contribution in [0.3, 0.4) is 0 Å². The molecule has 2 rings (SSSR count). The molecule has 0 unspecified atom stereocenters.